The number of amides is 3. The van der Waals surface area contributed by atoms with Gasteiger partial charge in [0.2, 0.25) is 0 Å². The molecule has 0 saturated carbocycles. The predicted octanol–water partition coefficient (Wildman–Crippen LogP) is 3.42. The first-order valence-corrected chi connectivity index (χ1v) is 12.4. The van der Waals surface area contributed by atoms with Gasteiger partial charge in [-0.3, -0.25) is 19.8 Å². The van der Waals surface area contributed by atoms with Crippen molar-refractivity contribution < 1.29 is 9.59 Å². The Labute approximate surface area is 200 Å². The maximum atomic E-state index is 14.1. The molecule has 34 heavy (non-hydrogen) atoms. The summed E-state index contributed by atoms with van der Waals surface area (Å²) in [5.74, 6) is 0.587. The average molecular weight is 466 g/mol. The number of urea groups is 1. The summed E-state index contributed by atoms with van der Waals surface area (Å²) < 4.78 is 0. The third-order valence-corrected chi connectivity index (χ3v) is 8.11. The summed E-state index contributed by atoms with van der Waals surface area (Å²) in [5, 5.41) is 10.3. The van der Waals surface area contributed by atoms with E-state index in [0.29, 0.717) is 30.0 Å². The van der Waals surface area contributed by atoms with Gasteiger partial charge in [-0.2, -0.15) is 5.10 Å². The third kappa shape index (κ3) is 3.76. The van der Waals surface area contributed by atoms with Crippen LogP contribution in [0.2, 0.25) is 0 Å². The fourth-order valence-electron chi connectivity index (χ4n) is 5.77. The minimum Gasteiger partial charge on any atom is -0.319 e. The first-order chi connectivity index (χ1) is 16.3. The molecule has 5 heterocycles. The standard InChI is InChI=1S/C25H35N7O2/c1-5-16(2)20-15-30-12-8-9-17(30)13-31(20)24(34)32-14-18-21(25(32,3)4)28-29-22(18)27-23(33)19-10-6-7-11-26-19/h6-7,10-11,16-17,20H,5,8-9,12-15H2,1-4H3,(H2,27,28,29,33)/t16?,17-,20?/m1/s1. The lowest BCUT2D eigenvalue weighted by Gasteiger charge is -2.48. The van der Waals surface area contributed by atoms with Gasteiger partial charge in [0.25, 0.3) is 5.91 Å². The van der Waals surface area contributed by atoms with Crippen LogP contribution in [0, 0.1) is 5.92 Å². The maximum Gasteiger partial charge on any atom is 0.321 e. The number of nitrogens with one attached hydrogen (secondary N) is 2. The van der Waals surface area contributed by atoms with Crippen molar-refractivity contribution in [1.82, 2.24) is 29.9 Å². The number of aromatic nitrogens is 3. The molecule has 0 spiro atoms. The van der Waals surface area contributed by atoms with Gasteiger partial charge in [0.1, 0.15) is 5.69 Å². The number of H-pyrrole nitrogens is 1. The molecule has 9 nitrogen and oxygen atoms in total. The highest BCUT2D eigenvalue weighted by atomic mass is 16.2. The van der Waals surface area contributed by atoms with Crippen LogP contribution in [0.3, 0.4) is 0 Å². The van der Waals surface area contributed by atoms with Gasteiger partial charge < -0.3 is 15.1 Å². The summed E-state index contributed by atoms with van der Waals surface area (Å²) in [6.07, 6.45) is 5.01. The van der Waals surface area contributed by atoms with Crippen molar-refractivity contribution in [3.05, 3.63) is 41.3 Å². The Morgan fingerprint density at radius 2 is 2.12 bits per heavy atom. The lowest BCUT2D eigenvalue weighted by atomic mass is 9.93. The Morgan fingerprint density at radius 1 is 1.29 bits per heavy atom. The number of pyridine rings is 1. The molecule has 182 valence electrons. The summed E-state index contributed by atoms with van der Waals surface area (Å²) in [6.45, 7) is 11.9. The largest absolute Gasteiger partial charge is 0.321 e. The summed E-state index contributed by atoms with van der Waals surface area (Å²) in [7, 11) is 0. The monoisotopic (exact) mass is 465 g/mol. The Hall–Kier alpha value is -2.94. The van der Waals surface area contributed by atoms with Crippen molar-refractivity contribution in [2.24, 2.45) is 5.92 Å². The molecule has 2 aromatic rings. The zero-order chi connectivity index (χ0) is 24.0. The van der Waals surface area contributed by atoms with Gasteiger partial charge in [0.05, 0.1) is 17.8 Å². The number of aromatic amines is 1. The average Bonchev–Trinajstić information content (AvgIpc) is 3.53. The van der Waals surface area contributed by atoms with E-state index in [2.05, 4.69) is 44.1 Å². The fourth-order valence-corrected chi connectivity index (χ4v) is 5.77. The minimum atomic E-state index is -0.555. The molecule has 3 amide bonds. The molecular weight excluding hydrogens is 430 g/mol. The Morgan fingerprint density at radius 3 is 2.85 bits per heavy atom. The van der Waals surface area contributed by atoms with E-state index >= 15 is 0 Å². The smallest absolute Gasteiger partial charge is 0.319 e. The third-order valence-electron chi connectivity index (χ3n) is 8.11. The number of hydrogen-bond acceptors (Lipinski definition) is 5. The van der Waals surface area contributed by atoms with E-state index in [9.17, 15) is 9.59 Å². The topological polar surface area (TPSA) is 97.5 Å². The Kier molecular flexibility index (Phi) is 5.83. The molecule has 3 aliphatic heterocycles. The number of anilines is 1. The molecule has 2 unspecified atom stereocenters. The number of piperazine rings is 1. The maximum absolute atomic E-state index is 14.1. The molecule has 3 atom stereocenters. The number of carbonyl (C=O) groups is 2. The molecular formula is C25H35N7O2. The van der Waals surface area contributed by atoms with E-state index in [1.807, 2.05) is 18.7 Å². The Balaban J connectivity index is 1.38. The van der Waals surface area contributed by atoms with Gasteiger partial charge in [-0.25, -0.2) is 4.79 Å². The highest BCUT2D eigenvalue weighted by Gasteiger charge is 2.48. The predicted molar refractivity (Wildman–Crippen MR) is 129 cm³/mol. The summed E-state index contributed by atoms with van der Waals surface area (Å²) in [5.41, 5.74) is 1.51. The van der Waals surface area contributed by atoms with Crippen LogP contribution in [0.5, 0.6) is 0 Å². The number of nitrogens with zero attached hydrogens (tertiary/aromatic N) is 5. The van der Waals surface area contributed by atoms with Crippen LogP contribution in [-0.2, 0) is 12.1 Å². The van der Waals surface area contributed by atoms with Crippen LogP contribution in [0.15, 0.2) is 24.4 Å². The van der Waals surface area contributed by atoms with E-state index in [1.165, 1.54) is 6.42 Å². The van der Waals surface area contributed by atoms with Crippen molar-refractivity contribution in [2.75, 3.05) is 25.0 Å². The number of carbonyl (C=O) groups excluding carboxylic acids is 2. The summed E-state index contributed by atoms with van der Waals surface area (Å²) in [4.78, 5) is 37.5. The van der Waals surface area contributed by atoms with Crippen molar-refractivity contribution in [2.45, 2.75) is 71.1 Å². The highest BCUT2D eigenvalue weighted by molar-refractivity contribution is 6.02. The quantitative estimate of drug-likeness (QED) is 0.721. The van der Waals surface area contributed by atoms with Crippen LogP contribution < -0.4 is 5.32 Å². The molecule has 0 aliphatic carbocycles. The highest BCUT2D eigenvalue weighted by Crippen LogP contribution is 2.42. The van der Waals surface area contributed by atoms with Crippen molar-refractivity contribution in [3.8, 4) is 0 Å². The molecule has 3 aliphatic rings. The molecule has 0 aromatic carbocycles. The molecule has 2 aromatic heterocycles. The number of rotatable bonds is 4. The fraction of sp³-hybridized carbons (Fsp3) is 0.600. The molecule has 2 N–H and O–H groups in total. The second kappa shape index (κ2) is 8.69. The number of fused-ring (bicyclic) bond motifs is 2. The summed E-state index contributed by atoms with van der Waals surface area (Å²) >= 11 is 0. The second-order valence-electron chi connectivity index (χ2n) is 10.4. The van der Waals surface area contributed by atoms with Gasteiger partial charge in [0, 0.05) is 36.9 Å². The van der Waals surface area contributed by atoms with E-state index in [-0.39, 0.29) is 18.0 Å². The lowest BCUT2D eigenvalue weighted by Crippen LogP contribution is -2.63. The zero-order valence-corrected chi connectivity index (χ0v) is 20.5. The van der Waals surface area contributed by atoms with Crippen LogP contribution >= 0.6 is 0 Å². The minimum absolute atomic E-state index is 0.0773. The molecule has 0 bridgehead atoms. The van der Waals surface area contributed by atoms with Crippen LogP contribution in [0.1, 0.15) is 68.7 Å². The van der Waals surface area contributed by atoms with E-state index < -0.39 is 5.54 Å². The van der Waals surface area contributed by atoms with E-state index in [0.717, 1.165) is 43.7 Å². The SMILES string of the molecule is CCC(C)C1CN2CCC[C@@H]2CN1C(=O)N1Cc2c(NC(=O)c3ccccn3)n[nH]c2C1(C)C. The lowest BCUT2D eigenvalue weighted by molar-refractivity contribution is 0.0219. The first kappa shape index (κ1) is 22.8. The van der Waals surface area contributed by atoms with Crippen LogP contribution in [0.25, 0.3) is 0 Å². The van der Waals surface area contributed by atoms with Crippen LogP contribution in [-0.4, -0.2) is 73.5 Å². The Bertz CT molecular complexity index is 1070. The van der Waals surface area contributed by atoms with Gasteiger partial charge >= 0.3 is 6.03 Å². The molecule has 0 radical (unpaired) electrons. The van der Waals surface area contributed by atoms with E-state index in [1.54, 1.807) is 24.4 Å². The first-order valence-electron chi connectivity index (χ1n) is 12.4. The van der Waals surface area contributed by atoms with Crippen molar-refractivity contribution in [3.63, 3.8) is 0 Å². The molecule has 2 fully saturated rings. The molecule has 9 heteroatoms. The summed E-state index contributed by atoms with van der Waals surface area (Å²) in [6, 6.07) is 5.96. The van der Waals surface area contributed by atoms with E-state index in [4.69, 9.17) is 0 Å². The van der Waals surface area contributed by atoms with Gasteiger partial charge in [-0.15, -0.1) is 0 Å². The normalized spacial score (nSPS) is 24.6. The second-order valence-corrected chi connectivity index (χ2v) is 10.4. The van der Waals surface area contributed by atoms with Gasteiger partial charge in [-0.1, -0.05) is 26.3 Å². The molecule has 2 saturated heterocycles. The van der Waals surface area contributed by atoms with Crippen molar-refractivity contribution in [1.29, 1.82) is 0 Å². The zero-order valence-electron chi connectivity index (χ0n) is 20.5. The van der Waals surface area contributed by atoms with Gasteiger partial charge in [-0.05, 0) is 51.3 Å². The number of hydrogen-bond donors (Lipinski definition) is 2. The van der Waals surface area contributed by atoms with Crippen molar-refractivity contribution >= 4 is 17.8 Å². The van der Waals surface area contributed by atoms with Gasteiger partial charge in [0.15, 0.2) is 5.82 Å². The molecule has 5 rings (SSSR count). The van der Waals surface area contributed by atoms with Crippen LogP contribution in [0.4, 0.5) is 10.6 Å².